The summed E-state index contributed by atoms with van der Waals surface area (Å²) in [7, 11) is 0. The molecule has 7 heteroatoms. The van der Waals surface area contributed by atoms with Gasteiger partial charge in [-0.05, 0) is 18.6 Å². The van der Waals surface area contributed by atoms with Gasteiger partial charge in [0.2, 0.25) is 5.91 Å². The van der Waals surface area contributed by atoms with Gasteiger partial charge in [-0.15, -0.1) is 0 Å². The van der Waals surface area contributed by atoms with Crippen LogP contribution in [0.4, 0.5) is 5.69 Å². The summed E-state index contributed by atoms with van der Waals surface area (Å²) in [5, 5.41) is 12.2. The van der Waals surface area contributed by atoms with Crippen molar-refractivity contribution in [1.29, 1.82) is 0 Å². The van der Waals surface area contributed by atoms with E-state index >= 15 is 0 Å². The molecule has 0 atom stereocenters. The molecular formula is C13H14Cl2N2O3. The molecule has 1 fully saturated rings. The molecule has 1 amide bonds. The minimum atomic E-state index is -0.827. The maximum atomic E-state index is 11.9. The fourth-order valence-electron chi connectivity index (χ4n) is 2.01. The predicted octanol–water partition coefficient (Wildman–Crippen LogP) is 2.26. The third-order valence-corrected chi connectivity index (χ3v) is 4.02. The van der Waals surface area contributed by atoms with Crippen LogP contribution in [0.25, 0.3) is 0 Å². The molecule has 1 aromatic rings. The van der Waals surface area contributed by atoms with Crippen LogP contribution < -0.4 is 5.32 Å². The Labute approximate surface area is 126 Å². The minimum Gasteiger partial charge on any atom is -0.481 e. The Morgan fingerprint density at radius 3 is 2.65 bits per heavy atom. The lowest BCUT2D eigenvalue weighted by Crippen LogP contribution is -2.52. The molecule has 20 heavy (non-hydrogen) atoms. The monoisotopic (exact) mass is 316 g/mol. The molecule has 0 bridgehead atoms. The van der Waals surface area contributed by atoms with Crippen LogP contribution in [0.15, 0.2) is 12.1 Å². The smallest absolute Gasteiger partial charge is 0.309 e. The van der Waals surface area contributed by atoms with E-state index < -0.39 is 5.97 Å². The second kappa shape index (κ2) is 5.99. The average Bonchev–Trinajstić information content (AvgIpc) is 2.33. The standard InChI is InChI=1S/C13H14Cl2N2O3/c1-7-2-3-9(14)12(11(7)15)16-10(18)6-17-4-8(5-17)13(19)20/h2-3,8H,4-6H2,1H3,(H,16,18)(H,19,20). The van der Waals surface area contributed by atoms with Gasteiger partial charge in [-0.1, -0.05) is 29.3 Å². The Bertz CT molecular complexity index is 557. The first-order valence-electron chi connectivity index (χ1n) is 6.08. The molecule has 0 aromatic heterocycles. The average molecular weight is 317 g/mol. The van der Waals surface area contributed by atoms with Gasteiger partial charge in [0, 0.05) is 13.1 Å². The molecule has 0 saturated carbocycles. The van der Waals surface area contributed by atoms with Gasteiger partial charge in [-0.2, -0.15) is 0 Å². The largest absolute Gasteiger partial charge is 0.481 e. The number of aryl methyl sites for hydroxylation is 1. The van der Waals surface area contributed by atoms with E-state index in [0.29, 0.717) is 28.8 Å². The van der Waals surface area contributed by atoms with Crippen LogP contribution in [-0.4, -0.2) is 41.5 Å². The number of amides is 1. The third-order valence-electron chi connectivity index (χ3n) is 3.22. The van der Waals surface area contributed by atoms with E-state index in [0.717, 1.165) is 5.56 Å². The van der Waals surface area contributed by atoms with Crippen LogP contribution in [0, 0.1) is 12.8 Å². The highest BCUT2D eigenvalue weighted by molar-refractivity contribution is 6.40. The van der Waals surface area contributed by atoms with Crippen LogP contribution in [0.3, 0.4) is 0 Å². The highest BCUT2D eigenvalue weighted by atomic mass is 35.5. The Hall–Kier alpha value is -1.30. The Morgan fingerprint density at radius 2 is 2.05 bits per heavy atom. The van der Waals surface area contributed by atoms with Gasteiger partial charge in [0.25, 0.3) is 0 Å². The van der Waals surface area contributed by atoms with Gasteiger partial charge in [-0.3, -0.25) is 14.5 Å². The van der Waals surface area contributed by atoms with E-state index in [1.54, 1.807) is 17.0 Å². The van der Waals surface area contributed by atoms with Gasteiger partial charge in [0.1, 0.15) is 0 Å². The Morgan fingerprint density at radius 1 is 1.40 bits per heavy atom. The number of anilines is 1. The summed E-state index contributed by atoms with van der Waals surface area (Å²) < 4.78 is 0. The summed E-state index contributed by atoms with van der Waals surface area (Å²) >= 11 is 12.1. The highest BCUT2D eigenvalue weighted by Gasteiger charge is 2.33. The topological polar surface area (TPSA) is 69.6 Å². The Balaban J connectivity index is 1.93. The van der Waals surface area contributed by atoms with Crippen molar-refractivity contribution < 1.29 is 14.7 Å². The minimum absolute atomic E-state index is 0.129. The number of carboxylic acids is 1. The summed E-state index contributed by atoms with van der Waals surface area (Å²) in [4.78, 5) is 24.3. The summed E-state index contributed by atoms with van der Waals surface area (Å²) in [5.74, 6) is -1.47. The summed E-state index contributed by atoms with van der Waals surface area (Å²) in [6.45, 7) is 2.72. The molecule has 2 N–H and O–H groups in total. The SMILES string of the molecule is Cc1ccc(Cl)c(NC(=O)CN2CC(C(=O)O)C2)c1Cl. The number of halogens is 2. The quantitative estimate of drug-likeness (QED) is 0.894. The molecule has 0 spiro atoms. The molecule has 1 aromatic carbocycles. The van der Waals surface area contributed by atoms with Crippen LogP contribution >= 0.6 is 23.2 Å². The molecule has 0 aliphatic carbocycles. The Kier molecular flexibility index (Phi) is 4.52. The van der Waals surface area contributed by atoms with E-state index in [-0.39, 0.29) is 18.4 Å². The van der Waals surface area contributed by atoms with Gasteiger partial charge in [0.05, 0.1) is 28.2 Å². The van der Waals surface area contributed by atoms with Crippen molar-refractivity contribution in [2.45, 2.75) is 6.92 Å². The molecular weight excluding hydrogens is 303 g/mol. The number of carbonyl (C=O) groups excluding carboxylic acids is 1. The summed E-state index contributed by atoms with van der Waals surface area (Å²) in [6, 6.07) is 3.44. The van der Waals surface area contributed by atoms with Crippen molar-refractivity contribution in [1.82, 2.24) is 4.90 Å². The molecule has 2 rings (SSSR count). The molecule has 1 aliphatic heterocycles. The van der Waals surface area contributed by atoms with Crippen molar-refractivity contribution in [3.8, 4) is 0 Å². The second-order valence-corrected chi connectivity index (χ2v) is 5.62. The molecule has 0 unspecified atom stereocenters. The van der Waals surface area contributed by atoms with E-state index in [2.05, 4.69) is 5.32 Å². The fourth-order valence-corrected chi connectivity index (χ4v) is 2.47. The molecule has 1 saturated heterocycles. The number of rotatable bonds is 4. The molecule has 108 valence electrons. The molecule has 1 aliphatic rings. The summed E-state index contributed by atoms with van der Waals surface area (Å²) in [6.07, 6.45) is 0. The van der Waals surface area contributed by atoms with Crippen molar-refractivity contribution >= 4 is 40.8 Å². The number of nitrogens with zero attached hydrogens (tertiary/aromatic N) is 1. The lowest BCUT2D eigenvalue weighted by atomic mass is 10.0. The van der Waals surface area contributed by atoms with Crippen molar-refractivity contribution in [2.24, 2.45) is 5.92 Å². The van der Waals surface area contributed by atoms with Gasteiger partial charge in [-0.25, -0.2) is 0 Å². The number of likely N-dealkylation sites (tertiary alicyclic amines) is 1. The van der Waals surface area contributed by atoms with Crippen LogP contribution in [0.2, 0.25) is 10.0 Å². The summed E-state index contributed by atoms with van der Waals surface area (Å²) in [5.41, 5.74) is 1.22. The zero-order valence-corrected chi connectivity index (χ0v) is 12.3. The molecule has 5 nitrogen and oxygen atoms in total. The van der Waals surface area contributed by atoms with Crippen LogP contribution in [0.1, 0.15) is 5.56 Å². The van der Waals surface area contributed by atoms with E-state index in [1.807, 2.05) is 6.92 Å². The maximum absolute atomic E-state index is 11.9. The number of benzene rings is 1. The molecule has 1 heterocycles. The zero-order chi connectivity index (χ0) is 14.9. The second-order valence-electron chi connectivity index (χ2n) is 4.83. The lowest BCUT2D eigenvalue weighted by molar-refractivity contribution is -0.148. The third kappa shape index (κ3) is 3.23. The number of hydrogen-bond donors (Lipinski definition) is 2. The van der Waals surface area contributed by atoms with Crippen molar-refractivity contribution in [3.63, 3.8) is 0 Å². The predicted molar refractivity (Wildman–Crippen MR) is 77.4 cm³/mol. The van der Waals surface area contributed by atoms with Gasteiger partial charge >= 0.3 is 5.97 Å². The lowest BCUT2D eigenvalue weighted by Gasteiger charge is -2.35. The maximum Gasteiger partial charge on any atom is 0.309 e. The normalized spacial score (nSPS) is 15.8. The van der Waals surface area contributed by atoms with Crippen molar-refractivity contribution in [2.75, 3.05) is 25.0 Å². The number of hydrogen-bond acceptors (Lipinski definition) is 3. The van der Waals surface area contributed by atoms with E-state index in [9.17, 15) is 9.59 Å². The van der Waals surface area contributed by atoms with Gasteiger partial charge < -0.3 is 10.4 Å². The first kappa shape index (κ1) is 15.1. The van der Waals surface area contributed by atoms with Crippen LogP contribution in [-0.2, 0) is 9.59 Å². The van der Waals surface area contributed by atoms with E-state index in [4.69, 9.17) is 28.3 Å². The fraction of sp³-hybridized carbons (Fsp3) is 0.385. The van der Waals surface area contributed by atoms with Gasteiger partial charge in [0.15, 0.2) is 0 Å². The van der Waals surface area contributed by atoms with Crippen LogP contribution in [0.5, 0.6) is 0 Å². The first-order chi connectivity index (χ1) is 9.38. The zero-order valence-electron chi connectivity index (χ0n) is 10.8. The molecule has 0 radical (unpaired) electrons. The first-order valence-corrected chi connectivity index (χ1v) is 6.83. The number of carbonyl (C=O) groups is 2. The van der Waals surface area contributed by atoms with Crippen molar-refractivity contribution in [3.05, 3.63) is 27.7 Å². The number of aliphatic carboxylic acids is 1. The highest BCUT2D eigenvalue weighted by Crippen LogP contribution is 2.32. The number of carboxylic acid groups (broad SMARTS) is 1. The van der Waals surface area contributed by atoms with E-state index in [1.165, 1.54) is 0 Å². The number of nitrogens with one attached hydrogen (secondary N) is 1.